The number of hydrogen-bond acceptors (Lipinski definition) is 3. The molecule has 0 saturated carbocycles. The van der Waals surface area contributed by atoms with Gasteiger partial charge in [-0.3, -0.25) is 4.79 Å². The molecule has 174 valence electrons. The molecule has 0 fully saturated rings. The van der Waals surface area contributed by atoms with E-state index in [4.69, 9.17) is 4.74 Å². The number of anilines is 1. The number of carbonyl (C=O) groups is 1. The molecule has 0 saturated heterocycles. The highest BCUT2D eigenvalue weighted by molar-refractivity contribution is 6.32. The molecular weight excluding hydrogens is 462 g/mol. The van der Waals surface area contributed by atoms with Crippen LogP contribution in [0.15, 0.2) is 59.2 Å². The average Bonchev–Trinajstić information content (AvgIpc) is 3.09. The molecule has 0 aromatic heterocycles. The minimum Gasteiger partial charge on any atom is -0.489 e. The number of amides is 1. The molecule has 1 heterocycles. The Labute approximate surface area is 189 Å². The standard InChI is InChI=1S/C24H14F6N2O2/c1-12-16(24(33)32(31-12)23-21(29)19(27)18(26)20(28)22(23)30)10-13-5-4-7-15(9-13)34-11-14-6-2-3-8-17(14)25/h2-10H,11H2,1H3/b16-10-. The summed E-state index contributed by atoms with van der Waals surface area (Å²) < 4.78 is 88.2. The molecule has 0 radical (unpaired) electrons. The molecule has 0 unspecified atom stereocenters. The molecule has 0 spiro atoms. The van der Waals surface area contributed by atoms with E-state index >= 15 is 0 Å². The van der Waals surface area contributed by atoms with Gasteiger partial charge in [-0.05, 0) is 36.8 Å². The van der Waals surface area contributed by atoms with Gasteiger partial charge in [0.25, 0.3) is 5.91 Å². The van der Waals surface area contributed by atoms with E-state index in [1.54, 1.807) is 36.4 Å². The largest absolute Gasteiger partial charge is 0.489 e. The number of halogens is 6. The first-order valence-electron chi connectivity index (χ1n) is 9.78. The Balaban J connectivity index is 1.61. The maximum atomic E-state index is 14.2. The van der Waals surface area contributed by atoms with Crippen molar-refractivity contribution in [2.75, 3.05) is 5.01 Å². The van der Waals surface area contributed by atoms with Gasteiger partial charge in [-0.1, -0.05) is 30.3 Å². The molecule has 3 aromatic rings. The van der Waals surface area contributed by atoms with Gasteiger partial charge in [0.1, 0.15) is 23.9 Å². The lowest BCUT2D eigenvalue weighted by Crippen LogP contribution is -2.25. The number of rotatable bonds is 5. The van der Waals surface area contributed by atoms with Crippen LogP contribution in [-0.4, -0.2) is 11.6 Å². The molecular formula is C24H14F6N2O2. The number of benzene rings is 3. The summed E-state index contributed by atoms with van der Waals surface area (Å²) in [6, 6.07) is 12.4. The Morgan fingerprint density at radius 2 is 1.53 bits per heavy atom. The Morgan fingerprint density at radius 1 is 0.882 bits per heavy atom. The molecule has 1 aliphatic rings. The van der Waals surface area contributed by atoms with Crippen LogP contribution in [-0.2, 0) is 11.4 Å². The number of hydrazone groups is 1. The van der Waals surface area contributed by atoms with Gasteiger partial charge in [0.15, 0.2) is 23.3 Å². The molecule has 3 aromatic carbocycles. The highest BCUT2D eigenvalue weighted by Crippen LogP contribution is 2.34. The summed E-state index contributed by atoms with van der Waals surface area (Å²) in [5, 5.41) is 3.82. The number of carbonyl (C=O) groups excluding carboxylic acids is 1. The molecule has 0 bridgehead atoms. The first-order valence-corrected chi connectivity index (χ1v) is 9.78. The monoisotopic (exact) mass is 476 g/mol. The fourth-order valence-corrected chi connectivity index (χ4v) is 3.25. The maximum absolute atomic E-state index is 14.2. The Hall–Kier alpha value is -4.08. The third-order valence-corrected chi connectivity index (χ3v) is 4.98. The van der Waals surface area contributed by atoms with Crippen molar-refractivity contribution in [2.24, 2.45) is 5.10 Å². The van der Waals surface area contributed by atoms with E-state index in [9.17, 15) is 31.1 Å². The summed E-state index contributed by atoms with van der Waals surface area (Å²) in [5.74, 6) is -12.2. The first kappa shape index (κ1) is 23.1. The van der Waals surface area contributed by atoms with Gasteiger partial charge >= 0.3 is 0 Å². The molecule has 0 atom stereocenters. The molecule has 4 nitrogen and oxygen atoms in total. The van der Waals surface area contributed by atoms with Gasteiger partial charge in [-0.25, -0.2) is 26.3 Å². The van der Waals surface area contributed by atoms with E-state index < -0.39 is 46.5 Å². The second kappa shape index (κ2) is 9.05. The highest BCUT2D eigenvalue weighted by Gasteiger charge is 2.37. The number of ether oxygens (including phenoxy) is 1. The van der Waals surface area contributed by atoms with Gasteiger partial charge in [-0.15, -0.1) is 0 Å². The maximum Gasteiger partial charge on any atom is 0.280 e. The predicted molar refractivity (Wildman–Crippen MR) is 112 cm³/mol. The van der Waals surface area contributed by atoms with Crippen LogP contribution in [0.2, 0.25) is 0 Å². The SMILES string of the molecule is CC1=NN(c2c(F)c(F)c(F)c(F)c2F)C(=O)/C1=C\c1cccc(OCc2ccccc2F)c1. The van der Waals surface area contributed by atoms with Crippen LogP contribution in [0.3, 0.4) is 0 Å². The zero-order valence-corrected chi connectivity index (χ0v) is 17.4. The molecule has 1 aliphatic heterocycles. The van der Waals surface area contributed by atoms with Crippen molar-refractivity contribution in [3.05, 3.63) is 100 Å². The van der Waals surface area contributed by atoms with Crippen molar-refractivity contribution in [1.29, 1.82) is 0 Å². The Kier molecular flexibility index (Phi) is 6.14. The highest BCUT2D eigenvalue weighted by atomic mass is 19.2. The van der Waals surface area contributed by atoms with Gasteiger partial charge in [-0.2, -0.15) is 10.1 Å². The van der Waals surface area contributed by atoms with Crippen LogP contribution in [0.5, 0.6) is 5.75 Å². The van der Waals surface area contributed by atoms with Crippen molar-refractivity contribution in [3.63, 3.8) is 0 Å². The predicted octanol–water partition coefficient (Wildman–Crippen LogP) is 5.91. The van der Waals surface area contributed by atoms with E-state index in [1.165, 1.54) is 25.1 Å². The van der Waals surface area contributed by atoms with Crippen LogP contribution < -0.4 is 9.75 Å². The molecule has 1 amide bonds. The third-order valence-electron chi connectivity index (χ3n) is 4.98. The summed E-state index contributed by atoms with van der Waals surface area (Å²) in [4.78, 5) is 12.8. The summed E-state index contributed by atoms with van der Waals surface area (Å²) in [6.07, 6.45) is 1.32. The van der Waals surface area contributed by atoms with Crippen molar-refractivity contribution >= 4 is 23.4 Å². The normalized spacial score (nSPS) is 14.7. The minimum absolute atomic E-state index is 0.00776. The Morgan fingerprint density at radius 3 is 2.21 bits per heavy atom. The van der Waals surface area contributed by atoms with E-state index in [1.807, 2.05) is 0 Å². The smallest absolute Gasteiger partial charge is 0.280 e. The topological polar surface area (TPSA) is 41.9 Å². The van der Waals surface area contributed by atoms with Crippen molar-refractivity contribution < 1.29 is 35.9 Å². The molecule has 0 N–H and O–H groups in total. The van der Waals surface area contributed by atoms with E-state index in [2.05, 4.69) is 5.10 Å². The van der Waals surface area contributed by atoms with E-state index in [-0.39, 0.29) is 22.9 Å². The number of nitrogens with zero attached hydrogens (tertiary/aromatic N) is 2. The van der Waals surface area contributed by atoms with Crippen molar-refractivity contribution in [1.82, 2.24) is 0 Å². The number of hydrogen-bond donors (Lipinski definition) is 0. The van der Waals surface area contributed by atoms with Crippen molar-refractivity contribution in [3.8, 4) is 5.75 Å². The summed E-state index contributed by atoms with van der Waals surface area (Å²) in [5.41, 5.74) is -0.852. The second-order valence-corrected chi connectivity index (χ2v) is 7.23. The van der Waals surface area contributed by atoms with Gasteiger partial charge in [0, 0.05) is 5.56 Å². The van der Waals surface area contributed by atoms with Gasteiger partial charge in [0.2, 0.25) is 5.82 Å². The average molecular weight is 476 g/mol. The molecule has 10 heteroatoms. The van der Waals surface area contributed by atoms with Gasteiger partial charge < -0.3 is 4.74 Å². The van der Waals surface area contributed by atoms with E-state index in [0.29, 0.717) is 16.9 Å². The van der Waals surface area contributed by atoms with Crippen LogP contribution in [0, 0.1) is 34.9 Å². The zero-order valence-electron chi connectivity index (χ0n) is 17.4. The van der Waals surface area contributed by atoms with Crippen LogP contribution >= 0.6 is 0 Å². The summed E-state index contributed by atoms with van der Waals surface area (Å²) >= 11 is 0. The van der Waals surface area contributed by atoms with Crippen LogP contribution in [0.1, 0.15) is 18.1 Å². The molecule has 4 rings (SSSR count). The summed E-state index contributed by atoms with van der Waals surface area (Å²) in [7, 11) is 0. The molecule has 34 heavy (non-hydrogen) atoms. The molecule has 0 aliphatic carbocycles. The first-order chi connectivity index (χ1) is 16.2. The zero-order chi connectivity index (χ0) is 24.6. The van der Waals surface area contributed by atoms with Crippen molar-refractivity contribution in [2.45, 2.75) is 13.5 Å². The van der Waals surface area contributed by atoms with Gasteiger partial charge in [0.05, 0.1) is 11.3 Å². The van der Waals surface area contributed by atoms with E-state index in [0.717, 1.165) is 0 Å². The lowest BCUT2D eigenvalue weighted by atomic mass is 10.1. The van der Waals surface area contributed by atoms with Crippen LogP contribution in [0.4, 0.5) is 32.0 Å². The second-order valence-electron chi connectivity index (χ2n) is 7.23. The Bertz CT molecular complexity index is 1340. The third kappa shape index (κ3) is 4.14. The fourth-order valence-electron chi connectivity index (χ4n) is 3.25. The van der Waals surface area contributed by atoms with Crippen LogP contribution in [0.25, 0.3) is 6.08 Å². The lowest BCUT2D eigenvalue weighted by molar-refractivity contribution is -0.114. The summed E-state index contributed by atoms with van der Waals surface area (Å²) in [6.45, 7) is 1.29. The minimum atomic E-state index is -2.34. The quantitative estimate of drug-likeness (QED) is 0.199. The fraction of sp³-hybridized carbons (Fsp3) is 0.0833. The lowest BCUT2D eigenvalue weighted by Gasteiger charge is -2.15.